The molecular formula is C17H19N5O3S2. The molecule has 0 aliphatic rings. The molecular weight excluding hydrogens is 386 g/mol. The molecule has 0 saturated carbocycles. The highest BCUT2D eigenvalue weighted by molar-refractivity contribution is 8.00. The van der Waals surface area contributed by atoms with Gasteiger partial charge in [0.2, 0.25) is 11.0 Å². The summed E-state index contributed by atoms with van der Waals surface area (Å²) < 4.78 is 4.88. The SMILES string of the molecule is CCOC(=O)Cc1nnc(NC(=O)[C@@H](CC)Sc2nc3ccccc3[nH]2)s1. The molecule has 1 amide bonds. The number of fused-ring (bicyclic) bond motifs is 1. The fraction of sp³-hybridized carbons (Fsp3) is 0.353. The molecule has 0 unspecified atom stereocenters. The first-order chi connectivity index (χ1) is 13.1. The minimum atomic E-state index is -0.363. The molecule has 27 heavy (non-hydrogen) atoms. The van der Waals surface area contributed by atoms with Gasteiger partial charge in [-0.1, -0.05) is 42.2 Å². The van der Waals surface area contributed by atoms with Crippen molar-refractivity contribution in [3.63, 3.8) is 0 Å². The van der Waals surface area contributed by atoms with Crippen molar-refractivity contribution in [2.45, 2.75) is 37.1 Å². The molecule has 0 aliphatic heterocycles. The molecule has 2 aromatic heterocycles. The normalized spacial score (nSPS) is 12.1. The Morgan fingerprint density at radius 3 is 2.85 bits per heavy atom. The summed E-state index contributed by atoms with van der Waals surface area (Å²) in [7, 11) is 0. The van der Waals surface area contributed by atoms with Crippen LogP contribution in [0.2, 0.25) is 0 Å². The number of imidazole rings is 1. The zero-order chi connectivity index (χ0) is 19.2. The topological polar surface area (TPSA) is 110 Å². The van der Waals surface area contributed by atoms with Crippen molar-refractivity contribution in [2.24, 2.45) is 0 Å². The summed E-state index contributed by atoms with van der Waals surface area (Å²) in [6.07, 6.45) is 0.675. The maximum Gasteiger partial charge on any atom is 0.312 e. The molecule has 1 atom stereocenters. The predicted molar refractivity (Wildman–Crippen MR) is 105 cm³/mol. The van der Waals surface area contributed by atoms with Gasteiger partial charge in [-0.2, -0.15) is 0 Å². The van der Waals surface area contributed by atoms with E-state index in [-0.39, 0.29) is 23.5 Å². The van der Waals surface area contributed by atoms with Crippen LogP contribution in [0.4, 0.5) is 5.13 Å². The summed E-state index contributed by atoms with van der Waals surface area (Å²) in [6.45, 7) is 4.00. The smallest absolute Gasteiger partial charge is 0.312 e. The van der Waals surface area contributed by atoms with Crippen molar-refractivity contribution in [2.75, 3.05) is 11.9 Å². The minimum Gasteiger partial charge on any atom is -0.466 e. The van der Waals surface area contributed by atoms with Crippen LogP contribution in [0.25, 0.3) is 11.0 Å². The Morgan fingerprint density at radius 1 is 1.30 bits per heavy atom. The number of hydrogen-bond acceptors (Lipinski definition) is 8. The van der Waals surface area contributed by atoms with Gasteiger partial charge in [0.15, 0.2) is 5.16 Å². The number of para-hydroxylation sites is 2. The number of esters is 1. The lowest BCUT2D eigenvalue weighted by molar-refractivity contribution is -0.142. The van der Waals surface area contributed by atoms with Gasteiger partial charge in [0.05, 0.1) is 29.3 Å². The van der Waals surface area contributed by atoms with Crippen molar-refractivity contribution in [1.29, 1.82) is 0 Å². The van der Waals surface area contributed by atoms with Gasteiger partial charge in [-0.3, -0.25) is 14.9 Å². The molecule has 0 aliphatic carbocycles. The molecule has 3 aromatic rings. The summed E-state index contributed by atoms with van der Waals surface area (Å²) >= 11 is 2.54. The number of hydrogen-bond donors (Lipinski definition) is 2. The van der Waals surface area contributed by atoms with Crippen molar-refractivity contribution >= 4 is 51.1 Å². The van der Waals surface area contributed by atoms with Crippen LogP contribution in [0.15, 0.2) is 29.4 Å². The molecule has 1 aromatic carbocycles. The van der Waals surface area contributed by atoms with E-state index in [1.165, 1.54) is 23.1 Å². The fourth-order valence-electron chi connectivity index (χ4n) is 2.34. The van der Waals surface area contributed by atoms with Crippen LogP contribution < -0.4 is 5.32 Å². The maximum atomic E-state index is 12.6. The number of aromatic nitrogens is 4. The Balaban J connectivity index is 1.61. The molecule has 0 radical (unpaired) electrons. The summed E-state index contributed by atoms with van der Waals surface area (Å²) in [5.74, 6) is -0.541. The first-order valence-electron chi connectivity index (χ1n) is 8.49. The first-order valence-corrected chi connectivity index (χ1v) is 10.2. The van der Waals surface area contributed by atoms with Crippen LogP contribution in [0.5, 0.6) is 0 Å². The molecule has 142 valence electrons. The number of carbonyl (C=O) groups is 2. The predicted octanol–water partition coefficient (Wildman–Crippen LogP) is 3.03. The van der Waals surface area contributed by atoms with E-state index in [4.69, 9.17) is 4.74 Å². The number of nitrogens with one attached hydrogen (secondary N) is 2. The summed E-state index contributed by atoms with van der Waals surface area (Å²) in [5, 5.41) is 11.8. The van der Waals surface area contributed by atoms with Gasteiger partial charge in [0, 0.05) is 0 Å². The molecule has 0 fully saturated rings. The Labute approximate surface area is 164 Å². The molecule has 0 spiro atoms. The van der Waals surface area contributed by atoms with Crippen LogP contribution in [-0.4, -0.2) is 43.9 Å². The maximum absolute atomic E-state index is 12.6. The average Bonchev–Trinajstić information content (AvgIpc) is 3.25. The van der Waals surface area contributed by atoms with Crippen LogP contribution in [0.3, 0.4) is 0 Å². The molecule has 0 saturated heterocycles. The average molecular weight is 406 g/mol. The van der Waals surface area contributed by atoms with E-state index in [1.807, 2.05) is 31.2 Å². The van der Waals surface area contributed by atoms with E-state index in [1.54, 1.807) is 6.92 Å². The van der Waals surface area contributed by atoms with Gasteiger partial charge in [-0.05, 0) is 25.5 Å². The largest absolute Gasteiger partial charge is 0.466 e. The van der Waals surface area contributed by atoms with Crippen LogP contribution in [0, 0.1) is 0 Å². The highest BCUT2D eigenvalue weighted by Crippen LogP contribution is 2.27. The van der Waals surface area contributed by atoms with E-state index < -0.39 is 0 Å². The zero-order valence-corrected chi connectivity index (χ0v) is 16.5. The Hall–Kier alpha value is -2.46. The number of anilines is 1. The number of carbonyl (C=O) groups excluding carboxylic acids is 2. The second kappa shape index (κ2) is 8.96. The highest BCUT2D eigenvalue weighted by atomic mass is 32.2. The number of rotatable bonds is 8. The number of aromatic amines is 1. The van der Waals surface area contributed by atoms with Crippen molar-refractivity contribution < 1.29 is 14.3 Å². The summed E-state index contributed by atoms with van der Waals surface area (Å²) in [4.78, 5) is 31.8. The van der Waals surface area contributed by atoms with Gasteiger partial charge >= 0.3 is 5.97 Å². The zero-order valence-electron chi connectivity index (χ0n) is 14.9. The Bertz CT molecular complexity index is 906. The number of thioether (sulfide) groups is 1. The van der Waals surface area contributed by atoms with Crippen molar-refractivity contribution in [3.8, 4) is 0 Å². The first kappa shape index (κ1) is 19.3. The number of H-pyrrole nitrogens is 1. The van der Waals surface area contributed by atoms with Gasteiger partial charge in [-0.25, -0.2) is 4.98 Å². The quantitative estimate of drug-likeness (QED) is 0.438. The second-order valence-electron chi connectivity index (χ2n) is 5.55. The van der Waals surface area contributed by atoms with E-state index in [9.17, 15) is 9.59 Å². The van der Waals surface area contributed by atoms with E-state index >= 15 is 0 Å². The lowest BCUT2D eigenvalue weighted by Gasteiger charge is -2.11. The monoisotopic (exact) mass is 405 g/mol. The van der Waals surface area contributed by atoms with E-state index in [2.05, 4.69) is 25.5 Å². The molecule has 0 bridgehead atoms. The lowest BCUT2D eigenvalue weighted by atomic mass is 10.3. The van der Waals surface area contributed by atoms with Gasteiger partial charge in [0.25, 0.3) is 0 Å². The molecule has 3 rings (SSSR count). The molecule has 2 heterocycles. The number of amides is 1. The van der Waals surface area contributed by atoms with Gasteiger partial charge in [0.1, 0.15) is 5.01 Å². The van der Waals surface area contributed by atoms with Crippen LogP contribution in [-0.2, 0) is 20.7 Å². The number of nitrogens with zero attached hydrogens (tertiary/aromatic N) is 3. The Morgan fingerprint density at radius 2 is 2.11 bits per heavy atom. The van der Waals surface area contributed by atoms with E-state index in [0.29, 0.717) is 28.3 Å². The van der Waals surface area contributed by atoms with E-state index in [0.717, 1.165) is 11.0 Å². The lowest BCUT2D eigenvalue weighted by Crippen LogP contribution is -2.24. The molecule has 2 N–H and O–H groups in total. The third-order valence-electron chi connectivity index (χ3n) is 3.58. The third-order valence-corrected chi connectivity index (χ3v) is 5.67. The summed E-state index contributed by atoms with van der Waals surface area (Å²) in [6, 6.07) is 7.72. The van der Waals surface area contributed by atoms with Gasteiger partial charge < -0.3 is 9.72 Å². The number of benzene rings is 1. The highest BCUT2D eigenvalue weighted by Gasteiger charge is 2.21. The number of ether oxygens (including phenoxy) is 1. The van der Waals surface area contributed by atoms with Crippen LogP contribution in [0.1, 0.15) is 25.3 Å². The fourth-order valence-corrected chi connectivity index (χ4v) is 3.99. The molecule has 10 heteroatoms. The standard InChI is InChI=1S/C17H19N5O3S2/c1-3-12(26-16-18-10-7-5-6-8-11(10)19-16)15(24)20-17-22-21-13(27-17)9-14(23)25-4-2/h5-8,12H,3-4,9H2,1-2H3,(H,18,19)(H,20,22,24)/t12-/m1/s1. The third kappa shape index (κ3) is 5.04. The molecule has 8 nitrogen and oxygen atoms in total. The minimum absolute atomic E-state index is 0.0479. The summed E-state index contributed by atoms with van der Waals surface area (Å²) in [5.41, 5.74) is 1.80. The van der Waals surface area contributed by atoms with Gasteiger partial charge in [-0.15, -0.1) is 10.2 Å². The second-order valence-corrected chi connectivity index (χ2v) is 7.80. The van der Waals surface area contributed by atoms with Crippen molar-refractivity contribution in [1.82, 2.24) is 20.2 Å². The van der Waals surface area contributed by atoms with Crippen molar-refractivity contribution in [3.05, 3.63) is 29.3 Å². The van der Waals surface area contributed by atoms with Crippen LogP contribution >= 0.6 is 23.1 Å². The Kier molecular flexibility index (Phi) is 6.40.